The van der Waals surface area contributed by atoms with Crippen LogP contribution in [0.1, 0.15) is 31.1 Å². The zero-order valence-electron chi connectivity index (χ0n) is 16.8. The second-order valence-electron chi connectivity index (χ2n) is 6.64. The van der Waals surface area contributed by atoms with E-state index in [1.165, 1.54) is 6.20 Å². The molecule has 0 saturated carbocycles. The van der Waals surface area contributed by atoms with Crippen LogP contribution in [0.15, 0.2) is 24.5 Å². The second kappa shape index (κ2) is 13.9. The van der Waals surface area contributed by atoms with Crippen molar-refractivity contribution in [2.75, 3.05) is 52.8 Å². The Labute approximate surface area is 165 Å². The fourth-order valence-electron chi connectivity index (χ4n) is 1.84. The van der Waals surface area contributed by atoms with Gasteiger partial charge in [-0.2, -0.15) is 0 Å². The molecule has 0 saturated heterocycles. The minimum Gasteiger partial charge on any atom is -0.460 e. The summed E-state index contributed by atoms with van der Waals surface area (Å²) in [5.74, 6) is -0.425. The molecule has 1 aromatic heterocycles. The van der Waals surface area contributed by atoms with Gasteiger partial charge in [-0.25, -0.2) is 9.59 Å². The van der Waals surface area contributed by atoms with Crippen molar-refractivity contribution in [1.82, 2.24) is 10.3 Å². The molecule has 0 fully saturated rings. The lowest BCUT2D eigenvalue weighted by Crippen LogP contribution is -2.34. The van der Waals surface area contributed by atoms with Gasteiger partial charge in [-0.1, -0.05) is 0 Å². The molecule has 0 radical (unpaired) electrons. The predicted molar refractivity (Wildman–Crippen MR) is 101 cm³/mol. The molecule has 28 heavy (non-hydrogen) atoms. The van der Waals surface area contributed by atoms with Gasteiger partial charge in [0.2, 0.25) is 0 Å². The van der Waals surface area contributed by atoms with Crippen molar-refractivity contribution >= 4 is 12.1 Å². The van der Waals surface area contributed by atoms with Crippen LogP contribution in [0.2, 0.25) is 0 Å². The molecule has 0 spiro atoms. The Hall–Kier alpha value is -2.23. The number of nitrogens with one attached hydrogen (secondary N) is 1. The van der Waals surface area contributed by atoms with Gasteiger partial charge < -0.3 is 29.0 Å². The van der Waals surface area contributed by atoms with E-state index in [1.54, 1.807) is 39.1 Å². The van der Waals surface area contributed by atoms with Crippen LogP contribution in [-0.2, 0) is 23.7 Å². The highest BCUT2D eigenvalue weighted by molar-refractivity contribution is 5.88. The van der Waals surface area contributed by atoms with Gasteiger partial charge in [-0.3, -0.25) is 4.98 Å². The van der Waals surface area contributed by atoms with E-state index in [2.05, 4.69) is 10.3 Å². The van der Waals surface area contributed by atoms with E-state index in [4.69, 9.17) is 23.7 Å². The number of pyridine rings is 1. The topological polar surface area (TPSA) is 105 Å². The van der Waals surface area contributed by atoms with E-state index in [9.17, 15) is 9.59 Å². The maximum atomic E-state index is 11.6. The average Bonchev–Trinajstić information content (AvgIpc) is 2.64. The highest BCUT2D eigenvalue weighted by Gasteiger charge is 2.15. The average molecular weight is 398 g/mol. The summed E-state index contributed by atoms with van der Waals surface area (Å²) in [6, 6.07) is 3.31. The Morgan fingerprint density at radius 2 is 1.57 bits per heavy atom. The number of hydrogen-bond donors (Lipinski definition) is 1. The van der Waals surface area contributed by atoms with E-state index < -0.39 is 17.7 Å². The van der Waals surface area contributed by atoms with Gasteiger partial charge in [0.1, 0.15) is 12.2 Å². The monoisotopic (exact) mass is 398 g/mol. The van der Waals surface area contributed by atoms with Crippen LogP contribution in [0.25, 0.3) is 0 Å². The van der Waals surface area contributed by atoms with E-state index in [0.29, 0.717) is 51.7 Å². The van der Waals surface area contributed by atoms with Gasteiger partial charge in [0.25, 0.3) is 0 Å². The van der Waals surface area contributed by atoms with E-state index in [1.807, 2.05) is 0 Å². The van der Waals surface area contributed by atoms with Crippen molar-refractivity contribution in [1.29, 1.82) is 0 Å². The summed E-state index contributed by atoms with van der Waals surface area (Å²) in [5.41, 5.74) is -0.103. The summed E-state index contributed by atoms with van der Waals surface area (Å²) in [6.07, 6.45) is 2.58. The Balaban J connectivity index is 1.83. The summed E-state index contributed by atoms with van der Waals surface area (Å²) < 4.78 is 26.1. The first-order chi connectivity index (χ1) is 13.4. The quantitative estimate of drug-likeness (QED) is 0.396. The van der Waals surface area contributed by atoms with Gasteiger partial charge in [0, 0.05) is 18.9 Å². The fourth-order valence-corrected chi connectivity index (χ4v) is 1.84. The Morgan fingerprint density at radius 3 is 2.14 bits per heavy atom. The molecule has 1 N–H and O–H groups in total. The minimum atomic E-state index is -0.512. The number of carbonyl (C=O) groups excluding carboxylic acids is 2. The largest absolute Gasteiger partial charge is 0.460 e. The van der Waals surface area contributed by atoms with Crippen LogP contribution < -0.4 is 5.32 Å². The van der Waals surface area contributed by atoms with E-state index in [-0.39, 0.29) is 6.61 Å². The summed E-state index contributed by atoms with van der Waals surface area (Å²) in [6.45, 7) is 8.27. The first-order valence-corrected chi connectivity index (χ1v) is 9.16. The van der Waals surface area contributed by atoms with Crippen molar-refractivity contribution in [2.45, 2.75) is 26.4 Å². The maximum absolute atomic E-state index is 11.6. The van der Waals surface area contributed by atoms with Gasteiger partial charge in [-0.05, 0) is 32.9 Å². The molecular formula is C19H30N2O7. The second-order valence-corrected chi connectivity index (χ2v) is 6.64. The summed E-state index contributed by atoms with van der Waals surface area (Å²) in [4.78, 5) is 26.9. The first-order valence-electron chi connectivity index (χ1n) is 9.16. The summed E-state index contributed by atoms with van der Waals surface area (Å²) in [5, 5.41) is 2.60. The summed E-state index contributed by atoms with van der Waals surface area (Å²) in [7, 11) is 0. The van der Waals surface area contributed by atoms with Crippen molar-refractivity contribution < 1.29 is 33.3 Å². The lowest BCUT2D eigenvalue weighted by molar-refractivity contribution is 0.000557. The zero-order valence-corrected chi connectivity index (χ0v) is 16.8. The molecule has 9 heteroatoms. The Morgan fingerprint density at radius 1 is 0.964 bits per heavy atom. The third kappa shape index (κ3) is 13.0. The number of hydrogen-bond acceptors (Lipinski definition) is 8. The molecule has 158 valence electrons. The van der Waals surface area contributed by atoms with Crippen LogP contribution in [-0.4, -0.2) is 75.4 Å². The maximum Gasteiger partial charge on any atom is 0.407 e. The predicted octanol–water partition coefficient (Wildman–Crippen LogP) is 1.81. The zero-order chi connectivity index (χ0) is 20.7. The van der Waals surface area contributed by atoms with Gasteiger partial charge in [0.15, 0.2) is 0 Å². The molecule has 0 aliphatic carbocycles. The number of alkyl carbamates (subject to hydrolysis) is 1. The van der Waals surface area contributed by atoms with Crippen LogP contribution in [0.4, 0.5) is 4.79 Å². The molecule has 0 aromatic carbocycles. The van der Waals surface area contributed by atoms with Gasteiger partial charge in [-0.15, -0.1) is 0 Å². The van der Waals surface area contributed by atoms with Gasteiger partial charge >= 0.3 is 12.1 Å². The highest BCUT2D eigenvalue weighted by Crippen LogP contribution is 2.06. The number of aromatic nitrogens is 1. The van der Waals surface area contributed by atoms with Crippen molar-refractivity contribution in [3.05, 3.63) is 30.1 Å². The van der Waals surface area contributed by atoms with E-state index >= 15 is 0 Å². The molecule has 0 atom stereocenters. The molecule has 1 amide bonds. The molecule has 1 rings (SSSR count). The molecule has 0 aliphatic heterocycles. The van der Waals surface area contributed by atoms with Crippen LogP contribution >= 0.6 is 0 Å². The number of esters is 1. The fraction of sp³-hybridized carbons (Fsp3) is 0.632. The van der Waals surface area contributed by atoms with Crippen LogP contribution in [0.5, 0.6) is 0 Å². The minimum absolute atomic E-state index is 0.168. The molecule has 1 heterocycles. The molecule has 1 aromatic rings. The number of amides is 1. The smallest absolute Gasteiger partial charge is 0.407 e. The van der Waals surface area contributed by atoms with Crippen molar-refractivity contribution in [2.24, 2.45) is 0 Å². The molecule has 0 unspecified atom stereocenters. The van der Waals surface area contributed by atoms with Crippen molar-refractivity contribution in [3.8, 4) is 0 Å². The SMILES string of the molecule is CC(C)(C)OC(=O)NCCOCCOCCOCCOC(=O)c1cccnc1. The standard InChI is InChI=1S/C19H30N2O7/c1-19(2,3)28-18(23)21-7-8-24-9-10-25-11-12-26-13-14-27-17(22)16-5-4-6-20-15-16/h4-6,15H,7-14H2,1-3H3,(H,21,23). The number of carbonyl (C=O) groups is 2. The Bertz CT molecular complexity index is 561. The number of nitrogens with zero attached hydrogens (tertiary/aromatic N) is 1. The third-order valence-corrected chi connectivity index (χ3v) is 3.02. The van der Waals surface area contributed by atoms with Crippen molar-refractivity contribution in [3.63, 3.8) is 0 Å². The molecule has 0 bridgehead atoms. The third-order valence-electron chi connectivity index (χ3n) is 3.02. The summed E-state index contributed by atoms with van der Waals surface area (Å²) >= 11 is 0. The van der Waals surface area contributed by atoms with Crippen LogP contribution in [0.3, 0.4) is 0 Å². The molecule has 0 aliphatic rings. The molecular weight excluding hydrogens is 368 g/mol. The van der Waals surface area contributed by atoms with Gasteiger partial charge in [0.05, 0.1) is 45.2 Å². The van der Waals surface area contributed by atoms with Crippen LogP contribution in [0, 0.1) is 0 Å². The normalized spacial score (nSPS) is 11.1. The Kier molecular flexibility index (Phi) is 11.8. The number of rotatable bonds is 13. The lowest BCUT2D eigenvalue weighted by atomic mass is 10.2. The highest BCUT2D eigenvalue weighted by atomic mass is 16.6. The molecule has 9 nitrogen and oxygen atoms in total. The lowest BCUT2D eigenvalue weighted by Gasteiger charge is -2.19. The first kappa shape index (κ1) is 23.8. The number of ether oxygens (including phenoxy) is 5. The van der Waals surface area contributed by atoms with E-state index in [0.717, 1.165) is 0 Å².